The molecule has 98 valence electrons. The number of anilines is 2. The Morgan fingerprint density at radius 2 is 1.68 bits per heavy atom. The lowest BCUT2D eigenvalue weighted by atomic mass is 10.3. The summed E-state index contributed by atoms with van der Waals surface area (Å²) in [5.74, 6) is -0.371. The van der Waals surface area contributed by atoms with Crippen LogP contribution in [0.1, 0.15) is 0 Å². The lowest BCUT2D eigenvalue weighted by molar-refractivity contribution is 0.262. The van der Waals surface area contributed by atoms with Gasteiger partial charge in [-0.25, -0.2) is 9.18 Å². The number of carbonyl (C=O) groups is 1. The van der Waals surface area contributed by atoms with Crippen LogP contribution in [0.3, 0.4) is 0 Å². The summed E-state index contributed by atoms with van der Waals surface area (Å²) in [6, 6.07) is 9.65. The third kappa shape index (κ3) is 3.84. The fraction of sp³-hybridized carbons (Fsp3) is 0. The van der Waals surface area contributed by atoms with Gasteiger partial charge in [0.05, 0.1) is 10.7 Å². The fourth-order valence-electron chi connectivity index (χ4n) is 1.41. The zero-order valence-corrected chi connectivity index (χ0v) is 11.1. The van der Waals surface area contributed by atoms with Crippen molar-refractivity contribution in [2.45, 2.75) is 0 Å². The summed E-state index contributed by atoms with van der Waals surface area (Å²) in [5, 5.41) is 5.93. The number of halogens is 3. The second-order valence-corrected chi connectivity index (χ2v) is 4.55. The van der Waals surface area contributed by atoms with Gasteiger partial charge in [0.2, 0.25) is 0 Å². The molecule has 2 aromatic carbocycles. The normalized spacial score (nSPS) is 10.1. The number of amides is 2. The van der Waals surface area contributed by atoms with E-state index in [-0.39, 0.29) is 5.82 Å². The Labute approximate surface area is 119 Å². The van der Waals surface area contributed by atoms with Crippen LogP contribution in [0.25, 0.3) is 0 Å². The molecule has 0 heterocycles. The number of hydrogen-bond acceptors (Lipinski definition) is 1. The fourth-order valence-corrected chi connectivity index (χ4v) is 1.75. The lowest BCUT2D eigenvalue weighted by Crippen LogP contribution is -2.19. The summed E-state index contributed by atoms with van der Waals surface area (Å²) >= 11 is 11.7. The molecule has 0 saturated heterocycles. The summed E-state index contributed by atoms with van der Waals surface area (Å²) in [4.78, 5) is 11.7. The molecule has 0 atom stereocenters. The Kier molecular flexibility index (Phi) is 4.24. The minimum atomic E-state index is -0.490. The van der Waals surface area contributed by atoms with Crippen LogP contribution in [0, 0.1) is 5.82 Å². The van der Waals surface area contributed by atoms with Crippen LogP contribution >= 0.6 is 23.2 Å². The molecule has 19 heavy (non-hydrogen) atoms. The van der Waals surface area contributed by atoms with Gasteiger partial charge in [0.15, 0.2) is 0 Å². The number of benzene rings is 2. The summed E-state index contributed by atoms with van der Waals surface area (Å²) in [7, 11) is 0. The van der Waals surface area contributed by atoms with E-state index in [0.717, 1.165) is 0 Å². The molecule has 2 amide bonds. The van der Waals surface area contributed by atoms with Crippen LogP contribution in [0.2, 0.25) is 10.0 Å². The van der Waals surface area contributed by atoms with E-state index in [9.17, 15) is 9.18 Å². The largest absolute Gasteiger partial charge is 0.323 e. The van der Waals surface area contributed by atoms with E-state index < -0.39 is 6.03 Å². The van der Waals surface area contributed by atoms with Gasteiger partial charge in [-0.1, -0.05) is 23.2 Å². The van der Waals surface area contributed by atoms with Crippen molar-refractivity contribution in [3.05, 3.63) is 58.3 Å². The Bertz CT molecular complexity index is 602. The van der Waals surface area contributed by atoms with E-state index in [1.165, 1.54) is 30.3 Å². The molecule has 2 N–H and O–H groups in total. The van der Waals surface area contributed by atoms with Gasteiger partial charge in [-0.3, -0.25) is 0 Å². The lowest BCUT2D eigenvalue weighted by Gasteiger charge is -2.09. The van der Waals surface area contributed by atoms with Gasteiger partial charge in [0.1, 0.15) is 5.82 Å². The maximum atomic E-state index is 12.7. The van der Waals surface area contributed by atoms with Crippen molar-refractivity contribution in [2.75, 3.05) is 10.6 Å². The molecule has 0 aliphatic carbocycles. The van der Waals surface area contributed by atoms with Gasteiger partial charge < -0.3 is 10.6 Å². The smallest absolute Gasteiger partial charge is 0.308 e. The Hall–Kier alpha value is -1.78. The molecule has 0 aliphatic heterocycles. The highest BCUT2D eigenvalue weighted by Crippen LogP contribution is 2.25. The standard InChI is InChI=1S/C13H9Cl2FN2O/c14-8-1-6-11(15)12(7-8)18-13(19)17-10-4-2-9(16)3-5-10/h1-7H,(H2,17,18,19). The maximum absolute atomic E-state index is 12.7. The highest BCUT2D eigenvalue weighted by molar-refractivity contribution is 6.35. The minimum absolute atomic E-state index is 0.371. The van der Waals surface area contributed by atoms with E-state index in [1.807, 2.05) is 0 Å². The van der Waals surface area contributed by atoms with E-state index in [2.05, 4.69) is 10.6 Å². The van der Waals surface area contributed by atoms with Gasteiger partial charge in [-0.2, -0.15) is 0 Å². The molecule has 6 heteroatoms. The summed E-state index contributed by atoms with van der Waals surface area (Å²) in [6.07, 6.45) is 0. The number of carbonyl (C=O) groups excluding carboxylic acids is 1. The van der Waals surface area contributed by atoms with Crippen molar-refractivity contribution in [3.8, 4) is 0 Å². The number of hydrogen-bond donors (Lipinski definition) is 2. The Morgan fingerprint density at radius 3 is 2.37 bits per heavy atom. The Morgan fingerprint density at radius 1 is 1.00 bits per heavy atom. The van der Waals surface area contributed by atoms with E-state index in [0.29, 0.717) is 21.4 Å². The quantitative estimate of drug-likeness (QED) is 0.823. The van der Waals surface area contributed by atoms with Gasteiger partial charge in [-0.15, -0.1) is 0 Å². The first-order valence-corrected chi connectivity index (χ1v) is 6.09. The van der Waals surface area contributed by atoms with Crippen LogP contribution in [0.15, 0.2) is 42.5 Å². The number of nitrogens with one attached hydrogen (secondary N) is 2. The SMILES string of the molecule is O=C(Nc1ccc(F)cc1)Nc1cc(Cl)ccc1Cl. The average molecular weight is 299 g/mol. The van der Waals surface area contributed by atoms with Crippen LogP contribution in [0.4, 0.5) is 20.6 Å². The second-order valence-electron chi connectivity index (χ2n) is 3.71. The molecule has 0 saturated carbocycles. The van der Waals surface area contributed by atoms with E-state index in [1.54, 1.807) is 12.1 Å². The monoisotopic (exact) mass is 298 g/mol. The van der Waals surface area contributed by atoms with Crippen molar-refractivity contribution < 1.29 is 9.18 Å². The molecule has 0 aromatic heterocycles. The van der Waals surface area contributed by atoms with Gasteiger partial charge in [0.25, 0.3) is 0 Å². The van der Waals surface area contributed by atoms with Crippen LogP contribution in [-0.2, 0) is 0 Å². The van der Waals surface area contributed by atoms with Crippen LogP contribution in [0.5, 0.6) is 0 Å². The predicted octanol–water partition coefficient (Wildman–Crippen LogP) is 4.78. The minimum Gasteiger partial charge on any atom is -0.308 e. The zero-order chi connectivity index (χ0) is 13.8. The number of rotatable bonds is 2. The molecule has 2 rings (SSSR count). The molecule has 0 bridgehead atoms. The zero-order valence-electron chi connectivity index (χ0n) is 9.58. The van der Waals surface area contributed by atoms with Gasteiger partial charge >= 0.3 is 6.03 Å². The average Bonchev–Trinajstić information content (AvgIpc) is 2.37. The van der Waals surface area contributed by atoms with Crippen molar-refractivity contribution in [1.82, 2.24) is 0 Å². The Balaban J connectivity index is 2.05. The summed E-state index contributed by atoms with van der Waals surface area (Å²) in [6.45, 7) is 0. The maximum Gasteiger partial charge on any atom is 0.323 e. The van der Waals surface area contributed by atoms with Crippen molar-refractivity contribution in [3.63, 3.8) is 0 Å². The van der Waals surface area contributed by atoms with Crippen LogP contribution in [-0.4, -0.2) is 6.03 Å². The molecule has 0 radical (unpaired) electrons. The summed E-state index contributed by atoms with van der Waals surface area (Å²) in [5.41, 5.74) is 0.867. The third-order valence-electron chi connectivity index (χ3n) is 2.28. The topological polar surface area (TPSA) is 41.1 Å². The number of urea groups is 1. The first kappa shape index (κ1) is 13.6. The third-order valence-corrected chi connectivity index (χ3v) is 2.84. The highest BCUT2D eigenvalue weighted by Gasteiger charge is 2.06. The predicted molar refractivity (Wildman–Crippen MR) is 75.5 cm³/mol. The first-order valence-electron chi connectivity index (χ1n) is 5.33. The van der Waals surface area contributed by atoms with Crippen LogP contribution < -0.4 is 10.6 Å². The van der Waals surface area contributed by atoms with Gasteiger partial charge in [0, 0.05) is 10.7 Å². The molecule has 3 nitrogen and oxygen atoms in total. The first-order chi connectivity index (χ1) is 9.04. The molecule has 2 aromatic rings. The van der Waals surface area contributed by atoms with Crippen molar-refractivity contribution >= 4 is 40.6 Å². The van der Waals surface area contributed by atoms with E-state index in [4.69, 9.17) is 23.2 Å². The molecule has 0 fully saturated rings. The summed E-state index contributed by atoms with van der Waals surface area (Å²) < 4.78 is 12.7. The van der Waals surface area contributed by atoms with Crippen molar-refractivity contribution in [1.29, 1.82) is 0 Å². The molecular formula is C13H9Cl2FN2O. The molecule has 0 aliphatic rings. The molecule has 0 unspecified atom stereocenters. The van der Waals surface area contributed by atoms with Gasteiger partial charge in [-0.05, 0) is 42.5 Å². The van der Waals surface area contributed by atoms with E-state index >= 15 is 0 Å². The molecular weight excluding hydrogens is 290 g/mol. The van der Waals surface area contributed by atoms with Crippen molar-refractivity contribution in [2.24, 2.45) is 0 Å². The molecule has 0 spiro atoms. The second kappa shape index (κ2) is 5.91. The highest BCUT2D eigenvalue weighted by atomic mass is 35.5.